The van der Waals surface area contributed by atoms with Crippen molar-refractivity contribution in [1.29, 1.82) is 0 Å². The van der Waals surface area contributed by atoms with Gasteiger partial charge in [0.25, 0.3) is 63.9 Å². The molecule has 6 aromatic heterocycles. The zero-order chi connectivity index (χ0) is 102. The summed E-state index contributed by atoms with van der Waals surface area (Å²) in [6.45, 7) is 22.2. The number of likely N-dealkylation sites (N-methyl/N-ethyl adjacent to an activating group) is 4. The Morgan fingerprint density at radius 3 is 1.27 bits per heavy atom. The van der Waals surface area contributed by atoms with Crippen molar-refractivity contribution in [3.8, 4) is 17.6 Å². The van der Waals surface area contributed by atoms with Crippen molar-refractivity contribution in [2.75, 3.05) is 44.7 Å². The molecule has 4 saturated heterocycles. The smallest absolute Gasteiger partial charge is 0.283 e. The molecule has 11 heterocycles. The summed E-state index contributed by atoms with van der Waals surface area (Å²) < 4.78 is 16.6. The molecule has 5 aliphatic heterocycles. The number of carbonyl (C=O) groups is 8. The fourth-order valence-electron chi connectivity index (χ4n) is 12.8. The molecule has 10 aromatic rings. The average molecular weight is 2130 g/mol. The van der Waals surface area contributed by atoms with Crippen LogP contribution in [-0.4, -0.2) is 183 Å². The number of amides is 8. The molecule has 4 fully saturated rings. The minimum absolute atomic E-state index is 0.0169. The predicted molar refractivity (Wildman–Crippen MR) is 561 cm³/mol. The maximum atomic E-state index is 12.4. The van der Waals surface area contributed by atoms with Crippen molar-refractivity contribution >= 4 is 234 Å². The summed E-state index contributed by atoms with van der Waals surface area (Å²) in [7, 11) is 1.98. The van der Waals surface area contributed by atoms with Crippen molar-refractivity contribution in [3.05, 3.63) is 343 Å². The molecule has 45 heteroatoms. The van der Waals surface area contributed by atoms with Gasteiger partial charge >= 0.3 is 0 Å². The average Bonchev–Trinajstić information content (AvgIpc) is 1.59. The Kier molecular flexibility index (Phi) is 39.7. The molecule has 0 atom stereocenters. The molecule has 0 unspecified atom stereocenters. The van der Waals surface area contributed by atoms with Crippen LogP contribution < -0.4 is 37.5 Å². The van der Waals surface area contributed by atoms with E-state index >= 15 is 0 Å². The number of allylic oxidation sites excluding steroid dienone is 9. The SMILES string of the molecule is C=CCN1C(=O)/C(=C/C=C/c2ccco2)C(=O)NC1=S.C=CCN1C(=O)/C(=C\C=C\c2ccco2)C(=O)N(CC)C1=S.CC(=Nc1ccccc1)c1c(O)[nH]c(=S)[nH]c1=O.CCN1C(=O)C(=C/C=C/c2ccco2)C(=O)N(CC)C1=S.CN1/C(=C/C=C2C(=O)NC(=S)NC2=O)C(C)(C)c2ccccc21.Cc1ccc(N=Nc2c(O)[nH]c(=S)[nH]c2=O)cc1.O=c1[nH]c(=S)[nH]c(O)c1N=Nc1ccc(I)cc1. The summed E-state index contributed by atoms with van der Waals surface area (Å²) in [5, 5.41) is 51.7. The van der Waals surface area contributed by atoms with Crippen molar-refractivity contribution in [3.63, 3.8) is 0 Å². The van der Waals surface area contributed by atoms with Crippen molar-refractivity contribution < 1.29 is 66.9 Å². The van der Waals surface area contributed by atoms with Gasteiger partial charge in [-0.25, -0.2) is 0 Å². The Morgan fingerprint density at radius 1 is 0.443 bits per heavy atom. The first-order valence-corrected chi connectivity index (χ1v) is 45.6. The monoisotopic (exact) mass is 2130 g/mol. The second-order valence-corrected chi connectivity index (χ2v) is 33.4. The van der Waals surface area contributed by atoms with E-state index in [1.54, 1.807) is 141 Å². The lowest BCUT2D eigenvalue weighted by molar-refractivity contribution is -0.135. The number of carbonyl (C=O) groups excluding carboxylic acids is 8. The van der Waals surface area contributed by atoms with Gasteiger partial charge in [0.15, 0.2) is 34.8 Å². The number of aromatic amines is 6. The molecule has 0 saturated carbocycles. The molecule has 0 spiro atoms. The zero-order valence-electron chi connectivity index (χ0n) is 75.7. The number of nitrogens with one attached hydrogen (secondary N) is 9. The normalized spacial score (nSPS) is 15.6. The van der Waals surface area contributed by atoms with E-state index in [1.165, 1.54) is 60.6 Å². The number of aryl methyl sites for hydroxylation is 1. The van der Waals surface area contributed by atoms with E-state index in [1.807, 2.05) is 95.4 Å². The number of benzene rings is 4. The summed E-state index contributed by atoms with van der Waals surface area (Å²) in [5.74, 6) is -2.60. The third-order valence-corrected chi connectivity index (χ3v) is 22.3. The van der Waals surface area contributed by atoms with Gasteiger partial charge in [-0.05, 0) is 288 Å². The number of aromatic hydroxyl groups is 3. The van der Waals surface area contributed by atoms with E-state index in [-0.39, 0.29) is 116 Å². The van der Waals surface area contributed by atoms with E-state index in [9.17, 15) is 68.1 Å². The van der Waals surface area contributed by atoms with Gasteiger partial charge in [-0.15, -0.1) is 23.4 Å². The van der Waals surface area contributed by atoms with Crippen LogP contribution in [0.4, 0.5) is 34.1 Å². The van der Waals surface area contributed by atoms with Crippen LogP contribution in [-0.2, 0) is 43.8 Å². The molecular weight excluding hydrogens is 2040 g/mol. The highest BCUT2D eigenvalue weighted by Crippen LogP contribution is 2.47. The largest absolute Gasteiger partial charge is 0.494 e. The lowest BCUT2D eigenvalue weighted by Crippen LogP contribution is -2.56. The van der Waals surface area contributed by atoms with Gasteiger partial charge in [-0.2, -0.15) is 10.2 Å². The summed E-state index contributed by atoms with van der Waals surface area (Å²) in [6, 6.07) is 42.4. The van der Waals surface area contributed by atoms with Crippen LogP contribution in [0.15, 0.2) is 313 Å². The van der Waals surface area contributed by atoms with Gasteiger partial charge in [0.2, 0.25) is 29.0 Å². The van der Waals surface area contributed by atoms with Crippen LogP contribution in [0, 0.1) is 24.8 Å². The number of halogens is 1. The highest BCUT2D eigenvalue weighted by molar-refractivity contribution is 14.1. The maximum Gasteiger partial charge on any atom is 0.283 e. The van der Waals surface area contributed by atoms with Gasteiger partial charge in [-0.3, -0.25) is 113 Å². The van der Waals surface area contributed by atoms with Crippen molar-refractivity contribution in [2.24, 2.45) is 25.4 Å². The number of rotatable bonds is 20. The zero-order valence-corrected chi connectivity index (χ0v) is 83.6. The molecule has 720 valence electrons. The Hall–Kier alpha value is -15.7. The number of para-hydroxylation sites is 2. The minimum atomic E-state index is -0.592. The lowest BCUT2D eigenvalue weighted by atomic mass is 9.83. The van der Waals surface area contributed by atoms with Gasteiger partial charge in [-0.1, -0.05) is 98.3 Å². The predicted octanol–water partition coefficient (Wildman–Crippen LogP) is 16.3. The standard InChI is InChI=1S/C17H17N3O2S.C16H16N2O3S.C15H16N2O3S.C14H12N2O3S.C12H11N3O2S.C11H10N4O2S.C10H7IN4O2S/c1-17(2)11-6-4-5-7-12(11)20(3)13(17)9-8-10-14(21)18-16(23)19-15(10)22;1-3-10-18-15(20)13(14(19)17(4-2)16(18)22)9-5-7-12-8-6-11-21-12;1-3-16-13(18)12(14(19)17(4-2)15(16)21)9-5-7-11-8-6-10-20-11;1-2-8-16-13(18)11(12(17)15-14(16)20)7-3-5-10-6-4-9-19-10;1-7(13-8-5-3-2-4-6-8)9-10(16)14-12(18)15-11(9)17;1-6-2-4-7(5-3-6)14-15-8-9(16)12-11(18)13-10(8)17;11-5-1-3-6(4-2-5)14-15-7-8(16)12-10(18)13-9(7)17/h4-9H,1-3H3,(H2,18,19,21,22,23);3,5-9,11H,1,4,10H2,2H3;5-10H,3-4H2,1-2H3;2-7,9H,1,8H2,(H,15,17,20);2-6H,1H3,(H3,14,15,16,17,18);2-5H,1H3,(H3,12,13,16,17,18);1-4H,(H3,12,13,16,17,18)/b13-9+;7-5+,13-9-;7-5+;5-3+,11-7+;;;. The first-order chi connectivity index (χ1) is 66.8. The number of H-pyrrole nitrogens is 6. The second-order valence-electron chi connectivity index (χ2n) is 29.4. The Labute approximate surface area is 849 Å². The van der Waals surface area contributed by atoms with Gasteiger partial charge in [0.1, 0.15) is 45.1 Å². The number of hydrogen-bond acceptors (Lipinski definition) is 30. The van der Waals surface area contributed by atoms with Gasteiger partial charge < -0.3 is 48.4 Å². The molecular formula is C95H89IN20O17S7. The molecule has 8 amide bonds. The number of hydrogen-bond donors (Lipinski definition) is 12. The Bertz CT molecular complexity index is 6990. The summed E-state index contributed by atoms with van der Waals surface area (Å²) >= 11 is 36.4. The first-order valence-electron chi connectivity index (χ1n) is 41.7. The highest BCUT2D eigenvalue weighted by Gasteiger charge is 2.41. The molecule has 12 N–H and O–H groups in total. The Balaban J connectivity index is 0.000000183. The molecule has 4 aromatic carbocycles. The van der Waals surface area contributed by atoms with E-state index in [2.05, 4.69) is 138 Å². The fraction of sp³-hybridized carbons (Fsp3) is 0.147. The molecule has 0 bridgehead atoms. The first kappa shape index (κ1) is 108. The fourth-order valence-corrected chi connectivity index (χ4v) is 15.0. The van der Waals surface area contributed by atoms with E-state index in [4.69, 9.17) is 98.8 Å². The van der Waals surface area contributed by atoms with Gasteiger partial charge in [0.05, 0.1) is 41.6 Å². The van der Waals surface area contributed by atoms with Gasteiger partial charge in [0, 0.05) is 60.1 Å². The Morgan fingerprint density at radius 2 is 0.843 bits per heavy atom. The molecule has 5 aliphatic rings. The van der Waals surface area contributed by atoms with Crippen LogP contribution in [0.2, 0.25) is 0 Å². The molecule has 140 heavy (non-hydrogen) atoms. The minimum Gasteiger partial charge on any atom is -0.494 e. The van der Waals surface area contributed by atoms with E-state index in [0.29, 0.717) is 59.7 Å². The quantitative estimate of drug-likeness (QED) is 0.00641. The van der Waals surface area contributed by atoms with Crippen molar-refractivity contribution in [1.82, 2.24) is 70.4 Å². The number of thiocarbonyl (C=S) groups is 4. The number of nitrogens with zero attached hydrogens (tertiary/aromatic N) is 11. The summed E-state index contributed by atoms with van der Waals surface area (Å²) in [6.07, 6.45) is 25.4. The number of furan rings is 3. The van der Waals surface area contributed by atoms with Crippen LogP contribution in [0.25, 0.3) is 18.2 Å². The molecule has 37 nitrogen and oxygen atoms in total. The molecule has 0 radical (unpaired) electrons. The van der Waals surface area contributed by atoms with Crippen molar-refractivity contribution in [2.45, 2.75) is 53.9 Å². The number of anilines is 1. The third kappa shape index (κ3) is 29.0. The van der Waals surface area contributed by atoms with Crippen LogP contribution >= 0.6 is 108 Å². The summed E-state index contributed by atoms with van der Waals surface area (Å²) in [4.78, 5) is 159. The second kappa shape index (κ2) is 51.5. The molecule has 15 rings (SSSR count). The number of aliphatic imine (C=N–C) groups is 1. The highest BCUT2D eigenvalue weighted by atomic mass is 127. The van der Waals surface area contributed by atoms with Crippen LogP contribution in [0.5, 0.6) is 17.6 Å². The number of azo groups is 2. The number of aromatic nitrogens is 6. The number of fused-ring (bicyclic) bond motifs is 1. The van der Waals surface area contributed by atoms with E-state index < -0.39 is 58.0 Å². The topological polar surface area (TPSA) is 500 Å². The van der Waals surface area contributed by atoms with E-state index in [0.717, 1.165) is 20.5 Å². The summed E-state index contributed by atoms with van der Waals surface area (Å²) in [5.41, 5.74) is 4.79. The molecule has 0 aliphatic carbocycles. The third-order valence-electron chi connectivity index (χ3n) is 19.6. The maximum absolute atomic E-state index is 12.4. The lowest BCUT2D eigenvalue weighted by Gasteiger charge is -2.35. The van der Waals surface area contributed by atoms with Crippen LogP contribution in [0.1, 0.15) is 75.5 Å². The van der Waals surface area contributed by atoms with Crippen LogP contribution in [0.3, 0.4) is 0 Å².